The van der Waals surface area contributed by atoms with Gasteiger partial charge in [0.25, 0.3) is 5.97 Å². The van der Waals surface area contributed by atoms with Gasteiger partial charge in [0.05, 0.1) is 6.54 Å². The zero-order valence-corrected chi connectivity index (χ0v) is 4.96. The summed E-state index contributed by atoms with van der Waals surface area (Å²) in [6.45, 7) is 0.619. The van der Waals surface area contributed by atoms with Gasteiger partial charge < -0.3 is 20.6 Å². The quantitative estimate of drug-likeness (QED) is 0.322. The minimum atomic E-state index is -2.80. The molecule has 0 bridgehead atoms. The van der Waals surface area contributed by atoms with Crippen LogP contribution < -0.4 is 5.32 Å². The maximum absolute atomic E-state index is 10.0. The average Bonchev–Trinajstić information content (AvgIpc) is 1.59. The smallest absolute Gasteiger partial charge is 0.293 e. The van der Waals surface area contributed by atoms with Gasteiger partial charge >= 0.3 is 0 Å². The molecule has 9 heavy (non-hydrogen) atoms. The Balaban J connectivity index is 3.39. The van der Waals surface area contributed by atoms with Crippen LogP contribution in [0.3, 0.4) is 0 Å². The van der Waals surface area contributed by atoms with Crippen molar-refractivity contribution in [2.24, 2.45) is 0 Å². The first-order valence-electron chi connectivity index (χ1n) is 2.33. The van der Waals surface area contributed by atoms with Crippen LogP contribution in [0.2, 0.25) is 0 Å². The second kappa shape index (κ2) is 2.77. The second-order valence-corrected chi connectivity index (χ2v) is 1.68. The average molecular weight is 135 g/mol. The van der Waals surface area contributed by atoms with E-state index in [1.807, 2.05) is 5.32 Å². The molecule has 54 valence electrons. The van der Waals surface area contributed by atoms with Crippen LogP contribution in [0.4, 0.5) is 0 Å². The number of carbonyl (C=O) groups is 1. The fraction of sp³-hybridized carbons (Fsp3) is 0.750. The third-order valence-corrected chi connectivity index (χ3v) is 0.575. The molecular weight excluding hydrogens is 126 g/mol. The lowest BCUT2D eigenvalue weighted by molar-refractivity contribution is -0.305. The highest BCUT2D eigenvalue weighted by molar-refractivity contribution is 5.72. The molecule has 5 heteroatoms. The molecule has 0 aliphatic heterocycles. The maximum Gasteiger partial charge on any atom is 0.293 e. The Hall–Kier alpha value is -0.650. The van der Waals surface area contributed by atoms with Gasteiger partial charge in [-0.05, 0) is 0 Å². The van der Waals surface area contributed by atoms with Crippen LogP contribution in [0, 0.1) is 0 Å². The fourth-order valence-corrected chi connectivity index (χ4v) is 0.243. The lowest BCUT2D eigenvalue weighted by Gasteiger charge is -2.12. The first-order chi connectivity index (χ1) is 3.92. The molecule has 0 aromatic carbocycles. The van der Waals surface area contributed by atoms with E-state index >= 15 is 0 Å². The summed E-state index contributed by atoms with van der Waals surface area (Å²) in [6.07, 6.45) is 0. The van der Waals surface area contributed by atoms with Gasteiger partial charge in [0, 0.05) is 6.92 Å². The molecule has 0 aliphatic carbocycles. The topological polar surface area (TPSA) is 89.8 Å². The molecule has 0 saturated heterocycles. The van der Waals surface area contributed by atoms with E-state index in [4.69, 9.17) is 15.3 Å². The van der Waals surface area contributed by atoms with Crippen molar-refractivity contribution < 1.29 is 20.1 Å². The van der Waals surface area contributed by atoms with Crippen molar-refractivity contribution in [3.63, 3.8) is 0 Å². The van der Waals surface area contributed by atoms with Crippen LogP contribution in [-0.4, -0.2) is 33.7 Å². The molecule has 1 amide bonds. The minimum absolute atomic E-state index is 0.434. The standard InChI is InChI=1S/C4H9NO4/c1-3(6)5-2-4(7,8)9/h7-9H,2H2,1H3,(H,5,6). The number of carbonyl (C=O) groups excluding carboxylic acids is 1. The van der Waals surface area contributed by atoms with Crippen LogP contribution in [0.1, 0.15) is 6.92 Å². The van der Waals surface area contributed by atoms with Gasteiger partial charge in [-0.3, -0.25) is 4.79 Å². The summed E-state index contributed by atoms with van der Waals surface area (Å²) in [5.41, 5.74) is 0. The van der Waals surface area contributed by atoms with Crippen LogP contribution >= 0.6 is 0 Å². The van der Waals surface area contributed by atoms with Gasteiger partial charge in [-0.1, -0.05) is 0 Å². The van der Waals surface area contributed by atoms with Gasteiger partial charge in [0.2, 0.25) is 5.91 Å². The summed E-state index contributed by atoms with van der Waals surface area (Å²) < 4.78 is 0. The van der Waals surface area contributed by atoms with Crippen LogP contribution in [0.5, 0.6) is 0 Å². The molecule has 0 aliphatic rings. The molecule has 0 radical (unpaired) electrons. The van der Waals surface area contributed by atoms with Crippen LogP contribution in [0.25, 0.3) is 0 Å². The lowest BCUT2D eigenvalue weighted by atomic mass is 10.5. The molecule has 0 aromatic rings. The molecule has 5 nitrogen and oxygen atoms in total. The van der Waals surface area contributed by atoms with E-state index in [0.717, 1.165) is 0 Å². The zero-order chi connectivity index (χ0) is 7.49. The molecule has 0 spiro atoms. The summed E-state index contributed by atoms with van der Waals surface area (Å²) >= 11 is 0. The van der Waals surface area contributed by atoms with Gasteiger partial charge in [-0.2, -0.15) is 0 Å². The zero-order valence-electron chi connectivity index (χ0n) is 4.96. The number of aliphatic hydroxyl groups is 3. The second-order valence-electron chi connectivity index (χ2n) is 1.68. The molecule has 4 N–H and O–H groups in total. The Morgan fingerprint density at radius 3 is 2.11 bits per heavy atom. The molecule has 0 heterocycles. The Labute approximate surface area is 51.9 Å². The van der Waals surface area contributed by atoms with Crippen molar-refractivity contribution in [3.8, 4) is 0 Å². The molecule has 0 atom stereocenters. The van der Waals surface area contributed by atoms with E-state index in [2.05, 4.69) is 0 Å². The molecular formula is C4H9NO4. The lowest BCUT2D eigenvalue weighted by Crippen LogP contribution is -2.41. The van der Waals surface area contributed by atoms with Crippen molar-refractivity contribution in [2.45, 2.75) is 12.9 Å². The largest absolute Gasteiger partial charge is 0.348 e. The highest BCUT2D eigenvalue weighted by Crippen LogP contribution is 1.86. The van der Waals surface area contributed by atoms with Gasteiger partial charge in [0.1, 0.15) is 0 Å². The SMILES string of the molecule is CC(=O)NCC(O)(O)O. The van der Waals surface area contributed by atoms with Crippen molar-refractivity contribution >= 4 is 5.91 Å². The van der Waals surface area contributed by atoms with E-state index < -0.39 is 18.4 Å². The molecule has 0 fully saturated rings. The summed E-state index contributed by atoms with van der Waals surface area (Å²) in [5, 5.41) is 26.5. The van der Waals surface area contributed by atoms with Gasteiger partial charge in [-0.25, -0.2) is 0 Å². The number of amides is 1. The fourth-order valence-electron chi connectivity index (χ4n) is 0.243. The molecule has 0 saturated carbocycles. The summed E-state index contributed by atoms with van der Waals surface area (Å²) in [5.74, 6) is -3.23. The molecule has 0 unspecified atom stereocenters. The van der Waals surface area contributed by atoms with E-state index in [-0.39, 0.29) is 0 Å². The Morgan fingerprint density at radius 2 is 2.00 bits per heavy atom. The predicted octanol–water partition coefficient (Wildman–Crippen LogP) is -2.25. The van der Waals surface area contributed by atoms with E-state index in [9.17, 15) is 4.79 Å². The molecule has 0 rings (SSSR count). The molecule has 0 aromatic heterocycles. The normalized spacial score (nSPS) is 11.1. The number of hydrogen-bond acceptors (Lipinski definition) is 4. The number of rotatable bonds is 2. The van der Waals surface area contributed by atoms with Crippen molar-refractivity contribution in [1.29, 1.82) is 0 Å². The summed E-state index contributed by atoms with van der Waals surface area (Å²) in [6, 6.07) is 0. The van der Waals surface area contributed by atoms with Gasteiger partial charge in [-0.15, -0.1) is 0 Å². The Bertz CT molecular complexity index is 106. The van der Waals surface area contributed by atoms with E-state index in [0.29, 0.717) is 0 Å². The highest BCUT2D eigenvalue weighted by atomic mass is 16.7. The third-order valence-electron chi connectivity index (χ3n) is 0.575. The summed E-state index contributed by atoms with van der Waals surface area (Å²) in [7, 11) is 0. The first-order valence-corrected chi connectivity index (χ1v) is 2.33. The minimum Gasteiger partial charge on any atom is -0.348 e. The van der Waals surface area contributed by atoms with Crippen molar-refractivity contribution in [2.75, 3.05) is 6.54 Å². The number of hydrogen-bond donors (Lipinski definition) is 4. The van der Waals surface area contributed by atoms with Gasteiger partial charge in [0.15, 0.2) is 0 Å². The predicted molar refractivity (Wildman–Crippen MR) is 28.1 cm³/mol. The maximum atomic E-state index is 10.0. The van der Waals surface area contributed by atoms with Crippen molar-refractivity contribution in [3.05, 3.63) is 0 Å². The first kappa shape index (κ1) is 8.35. The van der Waals surface area contributed by atoms with Crippen LogP contribution in [-0.2, 0) is 4.79 Å². The van der Waals surface area contributed by atoms with E-state index in [1.54, 1.807) is 0 Å². The highest BCUT2D eigenvalue weighted by Gasteiger charge is 2.17. The third kappa shape index (κ3) is 7.35. The van der Waals surface area contributed by atoms with Crippen LogP contribution in [0.15, 0.2) is 0 Å². The van der Waals surface area contributed by atoms with E-state index in [1.165, 1.54) is 6.92 Å². The number of nitrogens with one attached hydrogen (secondary N) is 1. The monoisotopic (exact) mass is 135 g/mol. The summed E-state index contributed by atoms with van der Waals surface area (Å²) in [4.78, 5) is 10.0. The van der Waals surface area contributed by atoms with Crippen molar-refractivity contribution in [1.82, 2.24) is 5.32 Å². The Morgan fingerprint density at radius 1 is 1.56 bits per heavy atom. The Kier molecular flexibility index (Phi) is 2.57.